The molecule has 0 unspecified atom stereocenters. The number of aromatic nitrogens is 1. The van der Waals surface area contributed by atoms with Crippen molar-refractivity contribution in [2.45, 2.75) is 19.3 Å². The SMILES string of the molecule is CN1CCN(CCCNc2c(F)cc3c(=O)c(C(=O)NCCN4CCCC4)cn4c3c2Oc2cc3c(cc2-4)oc2ccccc23)CC1. The predicted octanol–water partition coefficient (Wildman–Crippen LogP) is 5.01. The second kappa shape index (κ2) is 12.3. The van der Waals surface area contributed by atoms with Crippen LogP contribution in [0.1, 0.15) is 29.6 Å². The zero-order chi connectivity index (χ0) is 32.1. The number of carbonyl (C=O) groups is 1. The molecule has 3 aliphatic rings. The van der Waals surface area contributed by atoms with Crippen LogP contribution in [0.2, 0.25) is 0 Å². The molecular formula is C36H39FN6O4. The topological polar surface area (TPSA) is 95.2 Å². The number of likely N-dealkylation sites (N-methyl/N-ethyl adjacent to an activating group) is 1. The average molecular weight is 639 g/mol. The fourth-order valence-corrected chi connectivity index (χ4v) is 7.18. The fourth-order valence-electron chi connectivity index (χ4n) is 7.18. The summed E-state index contributed by atoms with van der Waals surface area (Å²) in [5.41, 5.74) is 2.02. The van der Waals surface area contributed by atoms with E-state index in [-0.39, 0.29) is 22.4 Å². The van der Waals surface area contributed by atoms with E-state index in [2.05, 4.69) is 32.4 Å². The zero-order valence-electron chi connectivity index (χ0n) is 26.6. The fraction of sp³-hybridized carbons (Fsp3) is 0.389. The summed E-state index contributed by atoms with van der Waals surface area (Å²) in [6, 6.07) is 12.7. The van der Waals surface area contributed by atoms with Crippen LogP contribution in [0.5, 0.6) is 11.5 Å². The highest BCUT2D eigenvalue weighted by atomic mass is 19.1. The van der Waals surface area contributed by atoms with Crippen LogP contribution in [0.25, 0.3) is 38.5 Å². The normalized spacial score (nSPS) is 17.0. The number of carbonyl (C=O) groups excluding carboxylic acids is 1. The Morgan fingerprint density at radius 3 is 2.51 bits per heavy atom. The molecule has 3 aliphatic heterocycles. The second-order valence-corrected chi connectivity index (χ2v) is 12.9. The molecule has 2 fully saturated rings. The molecule has 47 heavy (non-hydrogen) atoms. The molecular weight excluding hydrogens is 599 g/mol. The van der Waals surface area contributed by atoms with Gasteiger partial charge in [0, 0.05) is 68.8 Å². The van der Waals surface area contributed by atoms with E-state index >= 15 is 4.39 Å². The van der Waals surface area contributed by atoms with Gasteiger partial charge in [-0.2, -0.15) is 0 Å². The number of likely N-dealkylation sites (tertiary alicyclic amines) is 1. The molecule has 2 aromatic heterocycles. The van der Waals surface area contributed by atoms with Crippen molar-refractivity contribution in [3.8, 4) is 17.2 Å². The van der Waals surface area contributed by atoms with Gasteiger partial charge < -0.3 is 39.1 Å². The van der Waals surface area contributed by atoms with E-state index in [4.69, 9.17) is 9.15 Å². The minimum atomic E-state index is -0.597. The molecule has 3 aromatic carbocycles. The van der Waals surface area contributed by atoms with Crippen LogP contribution in [-0.2, 0) is 0 Å². The van der Waals surface area contributed by atoms with Crippen LogP contribution in [0, 0.1) is 5.82 Å². The highest BCUT2D eigenvalue weighted by Crippen LogP contribution is 2.47. The maximum atomic E-state index is 16.0. The molecule has 0 atom stereocenters. The number of furan rings is 1. The van der Waals surface area contributed by atoms with Gasteiger partial charge in [-0.05, 0) is 64.1 Å². The molecule has 1 amide bonds. The van der Waals surface area contributed by atoms with E-state index in [9.17, 15) is 9.59 Å². The van der Waals surface area contributed by atoms with Gasteiger partial charge in [-0.1, -0.05) is 18.2 Å². The Bertz CT molecular complexity index is 2060. The van der Waals surface area contributed by atoms with Gasteiger partial charge in [0.05, 0.1) is 11.1 Å². The maximum absolute atomic E-state index is 16.0. The summed E-state index contributed by atoms with van der Waals surface area (Å²) in [7, 11) is 2.13. The van der Waals surface area contributed by atoms with Crippen LogP contribution in [0.3, 0.4) is 0 Å². The Morgan fingerprint density at radius 1 is 0.894 bits per heavy atom. The first-order valence-electron chi connectivity index (χ1n) is 16.7. The number of ether oxygens (including phenoxy) is 1. The van der Waals surface area contributed by atoms with Gasteiger partial charge in [-0.15, -0.1) is 0 Å². The number of para-hydroxylation sites is 1. The number of hydrogen-bond donors (Lipinski definition) is 2. The highest BCUT2D eigenvalue weighted by molar-refractivity contribution is 6.07. The summed E-state index contributed by atoms with van der Waals surface area (Å²) in [6.45, 7) is 8.72. The lowest BCUT2D eigenvalue weighted by Gasteiger charge is -2.32. The first-order chi connectivity index (χ1) is 22.9. The molecule has 0 bridgehead atoms. The largest absolute Gasteiger partial charge is 0.456 e. The van der Waals surface area contributed by atoms with Crippen molar-refractivity contribution in [2.24, 2.45) is 0 Å². The van der Waals surface area contributed by atoms with Gasteiger partial charge in [-0.25, -0.2) is 4.39 Å². The van der Waals surface area contributed by atoms with E-state index in [0.29, 0.717) is 35.6 Å². The Morgan fingerprint density at radius 2 is 1.68 bits per heavy atom. The van der Waals surface area contributed by atoms with Crippen molar-refractivity contribution in [1.29, 1.82) is 0 Å². The average Bonchev–Trinajstić information content (AvgIpc) is 3.73. The van der Waals surface area contributed by atoms with E-state index in [1.54, 1.807) is 10.8 Å². The lowest BCUT2D eigenvalue weighted by Crippen LogP contribution is -2.44. The van der Waals surface area contributed by atoms with Crippen molar-refractivity contribution >= 4 is 44.4 Å². The minimum Gasteiger partial charge on any atom is -0.456 e. The Hall–Kier alpha value is -4.45. The summed E-state index contributed by atoms with van der Waals surface area (Å²) in [5, 5.41) is 8.08. The zero-order valence-corrected chi connectivity index (χ0v) is 26.6. The van der Waals surface area contributed by atoms with Gasteiger partial charge in [0.15, 0.2) is 17.3 Å². The summed E-state index contributed by atoms with van der Waals surface area (Å²) < 4.78 is 30.4. The Labute approximate surface area is 271 Å². The molecule has 2 saturated heterocycles. The molecule has 5 aromatic rings. The molecule has 244 valence electrons. The van der Waals surface area contributed by atoms with Crippen LogP contribution in [0.15, 0.2) is 57.9 Å². The molecule has 11 heteroatoms. The van der Waals surface area contributed by atoms with E-state index < -0.39 is 17.2 Å². The third-order valence-electron chi connectivity index (χ3n) is 9.83. The molecule has 8 rings (SSSR count). The van der Waals surface area contributed by atoms with Crippen LogP contribution >= 0.6 is 0 Å². The Kier molecular flexibility index (Phi) is 7.83. The van der Waals surface area contributed by atoms with Crippen LogP contribution < -0.4 is 20.8 Å². The lowest BCUT2D eigenvalue weighted by molar-refractivity contribution is 0.0948. The van der Waals surface area contributed by atoms with Crippen LogP contribution in [0.4, 0.5) is 10.1 Å². The molecule has 0 spiro atoms. The predicted molar refractivity (Wildman–Crippen MR) is 182 cm³/mol. The summed E-state index contributed by atoms with van der Waals surface area (Å²) in [4.78, 5) is 34.3. The van der Waals surface area contributed by atoms with Gasteiger partial charge in [0.2, 0.25) is 5.43 Å². The van der Waals surface area contributed by atoms with Crippen molar-refractivity contribution in [3.63, 3.8) is 0 Å². The molecule has 0 aliphatic carbocycles. The number of halogens is 1. The first kappa shape index (κ1) is 29.9. The van der Waals surface area contributed by atoms with Gasteiger partial charge in [0.1, 0.15) is 27.9 Å². The van der Waals surface area contributed by atoms with Crippen molar-refractivity contribution < 1.29 is 18.3 Å². The van der Waals surface area contributed by atoms with Crippen LogP contribution in [-0.4, -0.2) is 97.7 Å². The third kappa shape index (κ3) is 5.52. The second-order valence-electron chi connectivity index (χ2n) is 12.9. The molecule has 10 nitrogen and oxygen atoms in total. The van der Waals surface area contributed by atoms with Crippen molar-refractivity contribution in [1.82, 2.24) is 24.6 Å². The van der Waals surface area contributed by atoms with Crippen molar-refractivity contribution in [2.75, 3.05) is 77.8 Å². The Balaban J connectivity index is 1.18. The number of nitrogens with zero attached hydrogens (tertiary/aromatic N) is 4. The number of hydrogen-bond acceptors (Lipinski definition) is 8. The third-order valence-corrected chi connectivity index (χ3v) is 9.83. The minimum absolute atomic E-state index is 0.0466. The maximum Gasteiger partial charge on any atom is 0.256 e. The van der Waals surface area contributed by atoms with E-state index in [1.807, 2.05) is 36.4 Å². The number of fused-ring (bicyclic) bond motifs is 5. The number of nitrogens with one attached hydrogen (secondary N) is 2. The summed E-state index contributed by atoms with van der Waals surface area (Å²) >= 11 is 0. The quantitative estimate of drug-likeness (QED) is 0.214. The monoisotopic (exact) mass is 638 g/mol. The number of amides is 1. The number of benzene rings is 3. The molecule has 0 radical (unpaired) electrons. The highest BCUT2D eigenvalue weighted by Gasteiger charge is 2.30. The van der Waals surface area contributed by atoms with Gasteiger partial charge in [0.25, 0.3) is 5.91 Å². The smallest absolute Gasteiger partial charge is 0.256 e. The lowest BCUT2D eigenvalue weighted by atomic mass is 10.0. The van der Waals surface area contributed by atoms with Crippen molar-refractivity contribution in [3.05, 3.63) is 70.3 Å². The summed E-state index contributed by atoms with van der Waals surface area (Å²) in [5.74, 6) is -0.364. The standard InChI is InChI=1S/C36H39FN6O4/c1-40-15-17-42(18-16-40)13-6-9-38-32-27(37)19-25-33-35(32)47-31-20-24-23-7-2-3-8-29(23)46-30(24)21-28(31)43(33)22-26(34(25)44)36(45)39-10-14-41-11-4-5-12-41/h2-3,7-8,19-22,38H,4-6,9-18H2,1H3,(H,39,45). The molecule has 2 N–H and O–H groups in total. The summed E-state index contributed by atoms with van der Waals surface area (Å²) in [6.07, 6.45) is 4.70. The van der Waals surface area contributed by atoms with E-state index in [1.165, 1.54) is 6.07 Å². The van der Waals surface area contributed by atoms with Gasteiger partial charge >= 0.3 is 0 Å². The first-order valence-corrected chi connectivity index (χ1v) is 16.7. The number of rotatable bonds is 9. The molecule has 5 heterocycles. The van der Waals surface area contributed by atoms with Gasteiger partial charge in [-0.3, -0.25) is 9.59 Å². The van der Waals surface area contributed by atoms with E-state index in [0.717, 1.165) is 88.0 Å². The number of anilines is 1. The number of piperazine rings is 1. The molecule has 0 saturated carbocycles. The number of pyridine rings is 1.